The van der Waals surface area contributed by atoms with Crippen molar-refractivity contribution in [2.75, 3.05) is 0 Å². The van der Waals surface area contributed by atoms with E-state index in [2.05, 4.69) is 12.0 Å². The van der Waals surface area contributed by atoms with Crippen LogP contribution in [0.4, 0.5) is 4.39 Å². The number of hydrogen-bond acceptors (Lipinski definition) is 3. The molecule has 4 nitrogen and oxygen atoms in total. The summed E-state index contributed by atoms with van der Waals surface area (Å²) in [5, 5.41) is 4.56. The Kier molecular flexibility index (Phi) is 6.34. The first kappa shape index (κ1) is 19.2. The molecule has 0 aliphatic heterocycles. The van der Waals surface area contributed by atoms with Gasteiger partial charge in [-0.2, -0.15) is 5.10 Å². The predicted molar refractivity (Wildman–Crippen MR) is 96.6 cm³/mol. The van der Waals surface area contributed by atoms with Gasteiger partial charge in [-0.05, 0) is 30.7 Å². The van der Waals surface area contributed by atoms with Crippen LogP contribution in [0.1, 0.15) is 65.5 Å². The molecule has 25 heavy (non-hydrogen) atoms. The largest absolute Gasteiger partial charge is 0.407 e. The van der Waals surface area contributed by atoms with Gasteiger partial charge in [-0.1, -0.05) is 47.0 Å². The van der Waals surface area contributed by atoms with Crippen molar-refractivity contribution in [2.24, 2.45) is 0 Å². The fourth-order valence-electron chi connectivity index (χ4n) is 2.43. The summed E-state index contributed by atoms with van der Waals surface area (Å²) >= 11 is 0. The van der Waals surface area contributed by atoms with E-state index in [9.17, 15) is 9.18 Å². The van der Waals surface area contributed by atoms with E-state index in [4.69, 9.17) is 4.74 Å². The summed E-state index contributed by atoms with van der Waals surface area (Å²) in [6.07, 6.45) is 4.48. The summed E-state index contributed by atoms with van der Waals surface area (Å²) in [6, 6.07) is 7.75. The molecular formula is C20H27FN2O2. The highest BCUT2D eigenvalue weighted by molar-refractivity contribution is 5.72. The molecule has 0 radical (unpaired) electrons. The van der Waals surface area contributed by atoms with Crippen LogP contribution in [0.5, 0.6) is 5.88 Å². The molecule has 0 spiro atoms. The maximum Gasteiger partial charge on any atom is 0.312 e. The van der Waals surface area contributed by atoms with Crippen LogP contribution in [0.3, 0.4) is 0 Å². The van der Waals surface area contributed by atoms with Gasteiger partial charge in [0.05, 0.1) is 11.4 Å². The molecule has 0 fully saturated rings. The summed E-state index contributed by atoms with van der Waals surface area (Å²) in [7, 11) is 0. The average Bonchev–Trinajstić information content (AvgIpc) is 2.96. The number of halogens is 1. The Hall–Kier alpha value is -2.17. The lowest BCUT2D eigenvalue weighted by atomic mass is 9.93. The van der Waals surface area contributed by atoms with E-state index in [0.29, 0.717) is 18.0 Å². The molecule has 0 unspecified atom stereocenters. The van der Waals surface area contributed by atoms with E-state index in [1.54, 1.807) is 22.9 Å². The minimum Gasteiger partial charge on any atom is -0.407 e. The van der Waals surface area contributed by atoms with Crippen LogP contribution in [0.15, 0.2) is 30.3 Å². The van der Waals surface area contributed by atoms with E-state index >= 15 is 0 Å². The fraction of sp³-hybridized carbons (Fsp3) is 0.500. The monoisotopic (exact) mass is 346 g/mol. The number of carbonyl (C=O) groups is 1. The quantitative estimate of drug-likeness (QED) is 0.512. The molecule has 0 atom stereocenters. The molecule has 1 aromatic heterocycles. The van der Waals surface area contributed by atoms with Crippen molar-refractivity contribution in [3.8, 4) is 11.6 Å². The number of aromatic nitrogens is 2. The summed E-state index contributed by atoms with van der Waals surface area (Å²) in [4.78, 5) is 12.1. The first-order chi connectivity index (χ1) is 11.8. The smallest absolute Gasteiger partial charge is 0.312 e. The van der Waals surface area contributed by atoms with Crippen LogP contribution in [0.2, 0.25) is 0 Å². The Bertz CT molecular complexity index is 699. The maximum atomic E-state index is 13.2. The van der Waals surface area contributed by atoms with Gasteiger partial charge >= 0.3 is 5.97 Å². The molecule has 5 heteroatoms. The first-order valence-corrected chi connectivity index (χ1v) is 8.88. The lowest BCUT2D eigenvalue weighted by Crippen LogP contribution is -2.13. The summed E-state index contributed by atoms with van der Waals surface area (Å²) in [5.41, 5.74) is 1.28. The third kappa shape index (κ3) is 5.41. The number of hydrogen-bond donors (Lipinski definition) is 0. The number of ether oxygens (including phenoxy) is 1. The van der Waals surface area contributed by atoms with E-state index in [1.165, 1.54) is 12.1 Å². The Morgan fingerprint density at radius 1 is 1.16 bits per heavy atom. The highest BCUT2D eigenvalue weighted by atomic mass is 19.1. The van der Waals surface area contributed by atoms with Crippen LogP contribution in [0.25, 0.3) is 5.69 Å². The van der Waals surface area contributed by atoms with E-state index in [0.717, 1.165) is 31.4 Å². The van der Waals surface area contributed by atoms with E-state index in [-0.39, 0.29) is 17.2 Å². The topological polar surface area (TPSA) is 44.1 Å². The summed E-state index contributed by atoms with van der Waals surface area (Å²) in [5.74, 6) is -0.210. The van der Waals surface area contributed by atoms with Gasteiger partial charge in [-0.25, -0.2) is 9.07 Å². The Morgan fingerprint density at radius 2 is 1.84 bits per heavy atom. The Morgan fingerprint density at radius 3 is 2.44 bits per heavy atom. The highest BCUT2D eigenvalue weighted by Gasteiger charge is 2.22. The lowest BCUT2D eigenvalue weighted by Gasteiger charge is -2.13. The van der Waals surface area contributed by atoms with Gasteiger partial charge < -0.3 is 4.74 Å². The second kappa shape index (κ2) is 8.28. The number of unbranched alkanes of at least 4 members (excludes halogenated alkanes) is 3. The molecule has 0 bridgehead atoms. The van der Waals surface area contributed by atoms with Gasteiger partial charge in [0.15, 0.2) is 0 Å². The highest BCUT2D eigenvalue weighted by Crippen LogP contribution is 2.28. The van der Waals surface area contributed by atoms with Crippen molar-refractivity contribution in [3.63, 3.8) is 0 Å². The van der Waals surface area contributed by atoms with Crippen molar-refractivity contribution in [3.05, 3.63) is 41.8 Å². The summed E-state index contributed by atoms with van der Waals surface area (Å²) in [6.45, 7) is 8.26. The molecule has 0 aliphatic rings. The predicted octanol–water partition coefficient (Wildman–Crippen LogP) is 5.18. The second-order valence-electron chi connectivity index (χ2n) is 7.29. The standard InChI is InChI=1S/C20H27FN2O2/c1-5-6-7-8-9-19(24)25-18-14-17(20(2,3)4)22-23(18)16-12-10-15(21)11-13-16/h10-14H,5-9H2,1-4H3. The zero-order chi connectivity index (χ0) is 18.4. The van der Waals surface area contributed by atoms with Gasteiger partial charge in [-0.3, -0.25) is 4.79 Å². The maximum absolute atomic E-state index is 13.2. The third-order valence-electron chi connectivity index (χ3n) is 3.97. The minimum atomic E-state index is -0.318. The van der Waals surface area contributed by atoms with Crippen molar-refractivity contribution in [2.45, 2.75) is 65.2 Å². The van der Waals surface area contributed by atoms with E-state index in [1.807, 2.05) is 20.8 Å². The van der Waals surface area contributed by atoms with Crippen molar-refractivity contribution in [1.82, 2.24) is 9.78 Å². The number of benzene rings is 1. The molecule has 2 aromatic rings. The molecule has 0 aliphatic carbocycles. The van der Waals surface area contributed by atoms with Crippen LogP contribution in [-0.2, 0) is 10.2 Å². The average molecular weight is 346 g/mol. The van der Waals surface area contributed by atoms with E-state index < -0.39 is 0 Å². The number of rotatable bonds is 7. The van der Waals surface area contributed by atoms with Crippen molar-refractivity contribution >= 4 is 5.97 Å². The molecule has 1 aromatic carbocycles. The van der Waals surface area contributed by atoms with Gasteiger partial charge in [0.25, 0.3) is 0 Å². The zero-order valence-corrected chi connectivity index (χ0v) is 15.5. The van der Waals surface area contributed by atoms with Crippen molar-refractivity contribution < 1.29 is 13.9 Å². The van der Waals surface area contributed by atoms with Crippen molar-refractivity contribution in [1.29, 1.82) is 0 Å². The number of carbonyl (C=O) groups excluding carboxylic acids is 1. The fourth-order valence-corrected chi connectivity index (χ4v) is 2.43. The second-order valence-corrected chi connectivity index (χ2v) is 7.29. The molecule has 0 saturated carbocycles. The molecule has 136 valence electrons. The molecule has 0 saturated heterocycles. The first-order valence-electron chi connectivity index (χ1n) is 8.88. The lowest BCUT2D eigenvalue weighted by molar-refractivity contribution is -0.134. The number of nitrogens with zero attached hydrogens (tertiary/aromatic N) is 2. The molecule has 0 amide bonds. The van der Waals surface area contributed by atoms with Gasteiger partial charge in [-0.15, -0.1) is 0 Å². The van der Waals surface area contributed by atoms with Crippen LogP contribution >= 0.6 is 0 Å². The van der Waals surface area contributed by atoms with Gasteiger partial charge in [0.1, 0.15) is 5.82 Å². The van der Waals surface area contributed by atoms with Crippen LogP contribution in [-0.4, -0.2) is 15.7 Å². The Labute approximate surface area is 149 Å². The third-order valence-corrected chi connectivity index (χ3v) is 3.97. The van der Waals surface area contributed by atoms with Crippen LogP contribution < -0.4 is 4.74 Å². The normalized spacial score (nSPS) is 11.6. The zero-order valence-electron chi connectivity index (χ0n) is 15.5. The molecule has 0 N–H and O–H groups in total. The molecule has 2 rings (SSSR count). The van der Waals surface area contributed by atoms with Crippen LogP contribution in [0, 0.1) is 5.82 Å². The van der Waals surface area contributed by atoms with Gasteiger partial charge in [0.2, 0.25) is 5.88 Å². The number of esters is 1. The SMILES string of the molecule is CCCCCCC(=O)Oc1cc(C(C)(C)C)nn1-c1ccc(F)cc1. The van der Waals surface area contributed by atoms with Gasteiger partial charge in [0, 0.05) is 17.9 Å². The molecular weight excluding hydrogens is 319 g/mol. The Balaban J connectivity index is 2.21. The summed E-state index contributed by atoms with van der Waals surface area (Å²) < 4.78 is 20.3. The minimum absolute atomic E-state index is 0.187. The molecule has 1 heterocycles.